The molecule has 1 aliphatic rings. The van der Waals surface area contributed by atoms with Gasteiger partial charge >= 0.3 is 6.18 Å². The average Bonchev–Trinajstić information content (AvgIpc) is 3.53. The fraction of sp³-hybridized carbons (Fsp3) is 0.522. The van der Waals surface area contributed by atoms with E-state index in [0.717, 1.165) is 11.1 Å². The maximum Gasteiger partial charge on any atom is 0.395 e. The largest absolute Gasteiger partial charge is 0.508 e. The number of nitrogens with one attached hydrogen (secondary N) is 1. The Morgan fingerprint density at radius 3 is 2.42 bits per heavy atom. The first-order valence-electron chi connectivity index (χ1n) is 10.7. The van der Waals surface area contributed by atoms with E-state index in [1.807, 2.05) is 32.0 Å². The number of alkyl halides is 3. The second-order valence-corrected chi connectivity index (χ2v) is 9.34. The molecule has 2 N–H and O–H groups in total. The van der Waals surface area contributed by atoms with E-state index in [4.69, 9.17) is 11.6 Å². The van der Waals surface area contributed by atoms with Crippen LogP contribution in [0.4, 0.5) is 13.2 Å². The zero-order valence-corrected chi connectivity index (χ0v) is 19.5. The molecule has 3 rings (SSSR count). The Balaban J connectivity index is 1.71. The topological polar surface area (TPSA) is 78.3 Å². The average molecular weight is 485 g/mol. The number of aromatic hydroxyl groups is 1. The highest BCUT2D eigenvalue weighted by Gasteiger charge is 2.68. The highest BCUT2D eigenvalue weighted by Crippen LogP contribution is 2.65. The van der Waals surface area contributed by atoms with Gasteiger partial charge in [-0.3, -0.25) is 4.79 Å². The molecule has 0 radical (unpaired) electrons. The Bertz CT molecular complexity index is 979. The Kier molecular flexibility index (Phi) is 7.53. The Labute approximate surface area is 196 Å². The van der Waals surface area contributed by atoms with Crippen molar-refractivity contribution in [2.45, 2.75) is 50.7 Å². The zero-order chi connectivity index (χ0) is 24.4. The number of phenols is 1. The summed E-state index contributed by atoms with van der Waals surface area (Å²) in [6, 6.07) is 5.02. The third kappa shape index (κ3) is 5.95. The van der Waals surface area contributed by atoms with E-state index in [2.05, 4.69) is 15.3 Å². The minimum absolute atomic E-state index is 0.0201. The van der Waals surface area contributed by atoms with Gasteiger partial charge in [-0.15, -0.1) is 0 Å². The molecular formula is C23H28ClF3N4O2. The molecule has 2 atom stereocenters. The number of aromatic nitrogens is 2. The number of amides is 1. The normalized spacial score (nSPS) is 17.0. The number of aryl methyl sites for hydroxylation is 1. The number of hydrogen-bond donors (Lipinski definition) is 2. The quantitative estimate of drug-likeness (QED) is 0.556. The third-order valence-electron chi connectivity index (χ3n) is 6.41. The van der Waals surface area contributed by atoms with E-state index in [-0.39, 0.29) is 48.4 Å². The molecule has 1 fully saturated rings. The molecule has 33 heavy (non-hydrogen) atoms. The number of hydrogen-bond acceptors (Lipinski definition) is 5. The Morgan fingerprint density at radius 2 is 1.91 bits per heavy atom. The summed E-state index contributed by atoms with van der Waals surface area (Å²) in [7, 11) is 3.75. The maximum atomic E-state index is 13.9. The third-order valence-corrected chi connectivity index (χ3v) is 6.60. The van der Waals surface area contributed by atoms with E-state index in [9.17, 15) is 23.1 Å². The molecule has 0 saturated heterocycles. The lowest BCUT2D eigenvalue weighted by molar-refractivity contribution is -0.195. The maximum absolute atomic E-state index is 13.9. The number of carbonyl (C=O) groups excluding carboxylic acids is 1. The fourth-order valence-corrected chi connectivity index (χ4v) is 4.19. The van der Waals surface area contributed by atoms with Gasteiger partial charge < -0.3 is 15.3 Å². The van der Waals surface area contributed by atoms with Crippen molar-refractivity contribution < 1.29 is 23.1 Å². The van der Waals surface area contributed by atoms with Crippen molar-refractivity contribution in [2.75, 3.05) is 20.6 Å². The summed E-state index contributed by atoms with van der Waals surface area (Å²) in [4.78, 5) is 22.7. The van der Waals surface area contributed by atoms with Gasteiger partial charge in [0.25, 0.3) is 0 Å². The van der Waals surface area contributed by atoms with Crippen molar-refractivity contribution >= 4 is 17.5 Å². The summed E-state index contributed by atoms with van der Waals surface area (Å²) in [6.07, 6.45) is -1.81. The summed E-state index contributed by atoms with van der Waals surface area (Å²) in [5.41, 5.74) is -0.0430. The van der Waals surface area contributed by atoms with Crippen molar-refractivity contribution in [2.24, 2.45) is 5.41 Å². The smallest absolute Gasteiger partial charge is 0.395 e. The summed E-state index contributed by atoms with van der Waals surface area (Å²) >= 11 is 5.80. The molecule has 1 aromatic carbocycles. The van der Waals surface area contributed by atoms with Crippen LogP contribution in [0.3, 0.4) is 0 Å². The highest BCUT2D eigenvalue weighted by atomic mass is 35.5. The van der Waals surface area contributed by atoms with Crippen LogP contribution in [0.1, 0.15) is 42.1 Å². The summed E-state index contributed by atoms with van der Waals surface area (Å²) in [5.74, 6) is -1.50. The Morgan fingerprint density at radius 1 is 1.27 bits per heavy atom. The molecule has 1 heterocycles. The summed E-state index contributed by atoms with van der Waals surface area (Å²) < 4.78 is 41.6. The van der Waals surface area contributed by atoms with E-state index >= 15 is 0 Å². The van der Waals surface area contributed by atoms with Crippen LogP contribution >= 0.6 is 11.6 Å². The lowest BCUT2D eigenvalue weighted by Crippen LogP contribution is -2.43. The van der Waals surface area contributed by atoms with Crippen LogP contribution in [-0.4, -0.2) is 58.7 Å². The molecule has 1 aliphatic carbocycles. The van der Waals surface area contributed by atoms with Crippen molar-refractivity contribution in [1.29, 1.82) is 0 Å². The minimum atomic E-state index is -4.45. The van der Waals surface area contributed by atoms with Gasteiger partial charge in [0.1, 0.15) is 11.6 Å². The fourth-order valence-electron chi connectivity index (χ4n) is 4.09. The first kappa shape index (κ1) is 25.2. The van der Waals surface area contributed by atoms with Crippen molar-refractivity contribution in [1.82, 2.24) is 20.2 Å². The predicted molar refractivity (Wildman–Crippen MR) is 119 cm³/mol. The first-order valence-corrected chi connectivity index (χ1v) is 11.1. The van der Waals surface area contributed by atoms with Crippen LogP contribution in [0.15, 0.2) is 30.6 Å². The van der Waals surface area contributed by atoms with E-state index < -0.39 is 23.4 Å². The van der Waals surface area contributed by atoms with Crippen molar-refractivity contribution in [3.8, 4) is 5.75 Å². The molecule has 10 heteroatoms. The van der Waals surface area contributed by atoms with Gasteiger partial charge in [0.15, 0.2) is 0 Å². The Hall–Kier alpha value is -2.39. The second-order valence-electron chi connectivity index (χ2n) is 8.91. The van der Waals surface area contributed by atoms with Gasteiger partial charge in [0.05, 0.1) is 10.4 Å². The molecule has 2 unspecified atom stereocenters. The molecule has 0 aliphatic heterocycles. The zero-order valence-electron chi connectivity index (χ0n) is 18.8. The molecular weight excluding hydrogens is 457 g/mol. The molecule has 1 aromatic heterocycles. The van der Waals surface area contributed by atoms with E-state index in [0.29, 0.717) is 6.42 Å². The SMILES string of the molecule is Cc1cc(O)ccc1CC(CNC(=O)CC(c1ncc(Cl)cn1)C1(C(F)(F)F)CC1)N(C)C. The van der Waals surface area contributed by atoms with Crippen molar-refractivity contribution in [3.05, 3.63) is 52.6 Å². The number of rotatable bonds is 9. The number of carbonyl (C=O) groups is 1. The van der Waals surface area contributed by atoms with Gasteiger partial charge in [0, 0.05) is 37.3 Å². The van der Waals surface area contributed by atoms with Gasteiger partial charge in [-0.1, -0.05) is 17.7 Å². The molecule has 2 aromatic rings. The van der Waals surface area contributed by atoms with Crippen LogP contribution in [-0.2, 0) is 11.2 Å². The van der Waals surface area contributed by atoms with Gasteiger partial charge in [-0.25, -0.2) is 9.97 Å². The number of likely N-dealkylation sites (N-methyl/N-ethyl adjacent to an activating group) is 1. The molecule has 0 spiro atoms. The van der Waals surface area contributed by atoms with E-state index in [1.165, 1.54) is 12.4 Å². The van der Waals surface area contributed by atoms with Crippen LogP contribution in [0.5, 0.6) is 5.75 Å². The molecule has 1 amide bonds. The van der Waals surface area contributed by atoms with Crippen LogP contribution in [0, 0.1) is 12.3 Å². The first-order chi connectivity index (χ1) is 15.4. The van der Waals surface area contributed by atoms with Crippen LogP contribution in [0.2, 0.25) is 5.02 Å². The summed E-state index contributed by atoms with van der Waals surface area (Å²) in [5, 5.41) is 12.6. The van der Waals surface area contributed by atoms with Crippen LogP contribution < -0.4 is 5.32 Å². The molecule has 180 valence electrons. The lowest BCUT2D eigenvalue weighted by Gasteiger charge is -2.29. The lowest BCUT2D eigenvalue weighted by atomic mass is 9.84. The molecule has 0 bridgehead atoms. The molecule has 6 nitrogen and oxygen atoms in total. The second kappa shape index (κ2) is 9.85. The van der Waals surface area contributed by atoms with Gasteiger partial charge in [-0.05, 0) is 63.5 Å². The number of halogens is 4. The minimum Gasteiger partial charge on any atom is -0.508 e. The van der Waals surface area contributed by atoms with E-state index in [1.54, 1.807) is 12.1 Å². The van der Waals surface area contributed by atoms with Crippen molar-refractivity contribution in [3.63, 3.8) is 0 Å². The molecule has 1 saturated carbocycles. The monoisotopic (exact) mass is 484 g/mol. The predicted octanol–water partition coefficient (Wildman–Crippen LogP) is 4.25. The number of phenolic OH excluding ortho intramolecular Hbond substituents is 1. The summed E-state index contributed by atoms with van der Waals surface area (Å²) in [6.45, 7) is 2.16. The van der Waals surface area contributed by atoms with Crippen LogP contribution in [0.25, 0.3) is 0 Å². The standard InChI is InChI=1S/C23H28ClF3N4O2/c1-14-8-18(32)5-4-15(14)9-17(31(2)3)13-28-20(33)10-19(21-29-11-16(24)12-30-21)22(6-7-22)23(25,26)27/h4-5,8,11-12,17,19,32H,6-7,9-10,13H2,1-3H3,(H,28,33). The van der Waals surface area contributed by atoms with Gasteiger partial charge in [0.2, 0.25) is 5.91 Å². The number of nitrogens with zero attached hydrogens (tertiary/aromatic N) is 3. The highest BCUT2D eigenvalue weighted by molar-refractivity contribution is 6.30. The van der Waals surface area contributed by atoms with Gasteiger partial charge in [-0.2, -0.15) is 13.2 Å². The number of benzene rings is 1.